The standard InChI is InChI=1S/C23H27N5O3/c1-29-12-13-30-20-5-2-4-18(14-20)16-28-10-11-31-22(17-28)21-7-6-19(15-26-21)27-23-24-8-3-9-25-23/h2-9,14-15,22H,10-13,16-17H2,1H3,(H,24,25,27)/t22-/m0/s1. The quantitative estimate of drug-likeness (QED) is 0.528. The van der Waals surface area contributed by atoms with Crippen LogP contribution >= 0.6 is 0 Å². The van der Waals surface area contributed by atoms with Gasteiger partial charge in [-0.25, -0.2) is 9.97 Å². The summed E-state index contributed by atoms with van der Waals surface area (Å²) in [6.45, 7) is 4.31. The molecule has 3 heterocycles. The van der Waals surface area contributed by atoms with Crippen molar-refractivity contribution in [3.8, 4) is 5.75 Å². The number of rotatable bonds is 9. The van der Waals surface area contributed by atoms with E-state index in [0.717, 1.165) is 36.8 Å². The Kier molecular flexibility index (Phi) is 7.38. The summed E-state index contributed by atoms with van der Waals surface area (Å²) in [7, 11) is 1.67. The molecule has 1 aromatic carbocycles. The molecule has 8 nitrogen and oxygen atoms in total. The summed E-state index contributed by atoms with van der Waals surface area (Å²) in [5, 5.41) is 3.14. The number of benzene rings is 1. The fourth-order valence-corrected chi connectivity index (χ4v) is 3.42. The lowest BCUT2D eigenvalue weighted by atomic mass is 10.1. The van der Waals surface area contributed by atoms with Crippen molar-refractivity contribution in [3.05, 3.63) is 72.3 Å². The molecule has 1 fully saturated rings. The summed E-state index contributed by atoms with van der Waals surface area (Å²) in [6.07, 6.45) is 5.12. The van der Waals surface area contributed by atoms with Gasteiger partial charge in [-0.05, 0) is 35.9 Å². The van der Waals surface area contributed by atoms with Crippen molar-refractivity contribution in [2.75, 3.05) is 45.3 Å². The first-order valence-corrected chi connectivity index (χ1v) is 10.3. The molecular formula is C23H27N5O3. The van der Waals surface area contributed by atoms with Crippen LogP contribution < -0.4 is 10.1 Å². The lowest BCUT2D eigenvalue weighted by Gasteiger charge is -2.32. The van der Waals surface area contributed by atoms with E-state index >= 15 is 0 Å². The maximum Gasteiger partial charge on any atom is 0.227 e. The van der Waals surface area contributed by atoms with E-state index in [9.17, 15) is 0 Å². The van der Waals surface area contributed by atoms with Crippen LogP contribution in [0.5, 0.6) is 5.75 Å². The van der Waals surface area contributed by atoms with Crippen LogP contribution in [0.15, 0.2) is 61.1 Å². The Bertz CT molecular complexity index is 939. The second kappa shape index (κ2) is 10.8. The van der Waals surface area contributed by atoms with E-state index < -0.39 is 0 Å². The highest BCUT2D eigenvalue weighted by atomic mass is 16.5. The Morgan fingerprint density at radius 3 is 2.81 bits per heavy atom. The smallest absolute Gasteiger partial charge is 0.227 e. The Balaban J connectivity index is 1.33. The number of ether oxygens (including phenoxy) is 3. The molecule has 0 saturated carbocycles. The third-order valence-corrected chi connectivity index (χ3v) is 4.95. The molecule has 1 N–H and O–H groups in total. The van der Waals surface area contributed by atoms with Gasteiger partial charge in [-0.1, -0.05) is 12.1 Å². The molecule has 2 aromatic heterocycles. The van der Waals surface area contributed by atoms with E-state index in [1.807, 2.05) is 24.3 Å². The molecule has 0 bridgehead atoms. The fourth-order valence-electron chi connectivity index (χ4n) is 3.42. The van der Waals surface area contributed by atoms with E-state index in [0.29, 0.717) is 25.8 Å². The van der Waals surface area contributed by atoms with Crippen molar-refractivity contribution >= 4 is 11.6 Å². The summed E-state index contributed by atoms with van der Waals surface area (Å²) >= 11 is 0. The minimum absolute atomic E-state index is 0.0584. The summed E-state index contributed by atoms with van der Waals surface area (Å²) < 4.78 is 16.8. The van der Waals surface area contributed by atoms with Crippen molar-refractivity contribution in [2.24, 2.45) is 0 Å². The minimum atomic E-state index is -0.0584. The number of hydrogen-bond donors (Lipinski definition) is 1. The molecule has 1 aliphatic heterocycles. The molecule has 1 aliphatic rings. The molecule has 162 valence electrons. The summed E-state index contributed by atoms with van der Waals surface area (Å²) in [4.78, 5) is 15.3. The number of anilines is 2. The van der Waals surface area contributed by atoms with Gasteiger partial charge in [-0.3, -0.25) is 9.88 Å². The Labute approximate surface area is 182 Å². The normalized spacial score (nSPS) is 16.7. The molecule has 3 aromatic rings. The number of nitrogens with one attached hydrogen (secondary N) is 1. The van der Waals surface area contributed by atoms with Gasteiger partial charge in [0.2, 0.25) is 5.95 Å². The summed E-state index contributed by atoms with van der Waals surface area (Å²) in [5.41, 5.74) is 2.97. The minimum Gasteiger partial charge on any atom is -0.491 e. The molecule has 1 saturated heterocycles. The van der Waals surface area contributed by atoms with Gasteiger partial charge < -0.3 is 19.5 Å². The number of pyridine rings is 1. The highest BCUT2D eigenvalue weighted by molar-refractivity contribution is 5.51. The van der Waals surface area contributed by atoms with Crippen LogP contribution in [0.2, 0.25) is 0 Å². The Morgan fingerprint density at radius 1 is 1.10 bits per heavy atom. The number of nitrogens with zero attached hydrogens (tertiary/aromatic N) is 4. The molecule has 0 radical (unpaired) electrons. The van der Waals surface area contributed by atoms with E-state index in [1.165, 1.54) is 5.56 Å². The van der Waals surface area contributed by atoms with Gasteiger partial charge in [-0.15, -0.1) is 0 Å². The third-order valence-electron chi connectivity index (χ3n) is 4.95. The Hall–Kier alpha value is -3.07. The van der Waals surface area contributed by atoms with Gasteiger partial charge in [-0.2, -0.15) is 0 Å². The molecule has 0 spiro atoms. The average molecular weight is 422 g/mol. The highest BCUT2D eigenvalue weighted by Gasteiger charge is 2.23. The van der Waals surface area contributed by atoms with Crippen LogP contribution in [-0.4, -0.2) is 59.9 Å². The van der Waals surface area contributed by atoms with Gasteiger partial charge >= 0.3 is 0 Å². The molecule has 1 atom stereocenters. The van der Waals surface area contributed by atoms with E-state index in [4.69, 9.17) is 14.2 Å². The maximum atomic E-state index is 5.99. The van der Waals surface area contributed by atoms with Crippen LogP contribution in [0, 0.1) is 0 Å². The average Bonchev–Trinajstić information content (AvgIpc) is 2.81. The lowest BCUT2D eigenvalue weighted by Crippen LogP contribution is -2.38. The zero-order valence-electron chi connectivity index (χ0n) is 17.6. The van der Waals surface area contributed by atoms with E-state index in [2.05, 4.69) is 37.3 Å². The van der Waals surface area contributed by atoms with Crippen molar-refractivity contribution in [3.63, 3.8) is 0 Å². The zero-order valence-corrected chi connectivity index (χ0v) is 17.6. The summed E-state index contributed by atoms with van der Waals surface area (Å²) in [5.74, 6) is 1.41. The lowest BCUT2D eigenvalue weighted by molar-refractivity contribution is -0.0349. The predicted octanol–water partition coefficient (Wildman–Crippen LogP) is 3.21. The molecular weight excluding hydrogens is 394 g/mol. The Morgan fingerprint density at radius 2 is 2.00 bits per heavy atom. The number of hydrogen-bond acceptors (Lipinski definition) is 8. The van der Waals surface area contributed by atoms with Crippen LogP contribution in [0.1, 0.15) is 17.4 Å². The van der Waals surface area contributed by atoms with Crippen molar-refractivity contribution in [1.82, 2.24) is 19.9 Å². The van der Waals surface area contributed by atoms with Gasteiger partial charge in [0.05, 0.1) is 30.8 Å². The topological polar surface area (TPSA) is 81.6 Å². The van der Waals surface area contributed by atoms with Crippen LogP contribution in [0.3, 0.4) is 0 Å². The molecule has 31 heavy (non-hydrogen) atoms. The van der Waals surface area contributed by atoms with Crippen molar-refractivity contribution in [2.45, 2.75) is 12.6 Å². The van der Waals surface area contributed by atoms with Crippen molar-refractivity contribution in [1.29, 1.82) is 0 Å². The fraction of sp³-hybridized carbons (Fsp3) is 0.348. The SMILES string of the molecule is COCCOc1cccc(CN2CCO[C@H](c3ccc(Nc4ncccn4)cn3)C2)c1. The van der Waals surface area contributed by atoms with Gasteiger partial charge in [0.1, 0.15) is 18.5 Å². The van der Waals surface area contributed by atoms with Crippen LogP contribution in [-0.2, 0) is 16.0 Å². The largest absolute Gasteiger partial charge is 0.491 e. The first-order chi connectivity index (χ1) is 15.3. The molecule has 0 unspecified atom stereocenters. The summed E-state index contributed by atoms with van der Waals surface area (Å²) in [6, 6.07) is 14.0. The van der Waals surface area contributed by atoms with Gasteiger partial charge in [0.15, 0.2) is 0 Å². The van der Waals surface area contributed by atoms with E-state index in [1.54, 1.807) is 31.8 Å². The predicted molar refractivity (Wildman–Crippen MR) is 117 cm³/mol. The first kappa shape index (κ1) is 21.2. The number of morpholine rings is 1. The molecule has 0 amide bonds. The van der Waals surface area contributed by atoms with Gasteiger partial charge in [0, 0.05) is 39.1 Å². The van der Waals surface area contributed by atoms with Crippen LogP contribution in [0.4, 0.5) is 11.6 Å². The molecule has 0 aliphatic carbocycles. The van der Waals surface area contributed by atoms with Gasteiger partial charge in [0.25, 0.3) is 0 Å². The second-order valence-corrected chi connectivity index (χ2v) is 7.25. The van der Waals surface area contributed by atoms with Crippen molar-refractivity contribution < 1.29 is 14.2 Å². The second-order valence-electron chi connectivity index (χ2n) is 7.25. The monoisotopic (exact) mass is 421 g/mol. The highest BCUT2D eigenvalue weighted by Crippen LogP contribution is 2.24. The number of methoxy groups -OCH3 is 1. The van der Waals surface area contributed by atoms with Crippen LogP contribution in [0.25, 0.3) is 0 Å². The molecule has 8 heteroatoms. The zero-order chi connectivity index (χ0) is 21.3. The first-order valence-electron chi connectivity index (χ1n) is 10.3. The third kappa shape index (κ3) is 6.21. The number of aromatic nitrogens is 3. The molecule has 4 rings (SSSR count). The maximum absolute atomic E-state index is 5.99. The van der Waals surface area contributed by atoms with E-state index in [-0.39, 0.29) is 6.10 Å².